The van der Waals surface area contributed by atoms with Gasteiger partial charge >= 0.3 is 0 Å². The molecule has 1 fully saturated rings. The summed E-state index contributed by atoms with van der Waals surface area (Å²) in [6.07, 6.45) is 1.73. The summed E-state index contributed by atoms with van der Waals surface area (Å²) in [5, 5.41) is 24.2. The van der Waals surface area contributed by atoms with Gasteiger partial charge in [-0.3, -0.25) is 4.79 Å². The summed E-state index contributed by atoms with van der Waals surface area (Å²) in [5.74, 6) is -2.43. The third-order valence-corrected chi connectivity index (χ3v) is 14.0. The lowest BCUT2D eigenvalue weighted by molar-refractivity contribution is 0.102. The predicted molar refractivity (Wildman–Crippen MR) is 208 cm³/mol. The normalized spacial score (nSPS) is 15.7. The van der Waals surface area contributed by atoms with Crippen molar-refractivity contribution in [3.8, 4) is 11.5 Å². The molecule has 0 bridgehead atoms. The summed E-state index contributed by atoms with van der Waals surface area (Å²) in [7, 11) is -8.00. The number of hydrogen-bond acceptors (Lipinski definition) is 8. The minimum atomic E-state index is -4.14. The van der Waals surface area contributed by atoms with Gasteiger partial charge in [0.2, 0.25) is 20.0 Å². The first-order valence-corrected chi connectivity index (χ1v) is 20.8. The van der Waals surface area contributed by atoms with Gasteiger partial charge in [0.05, 0.1) is 15.4 Å². The van der Waals surface area contributed by atoms with E-state index in [0.717, 1.165) is 34.5 Å². The zero-order valence-electron chi connectivity index (χ0n) is 29.2. The highest BCUT2D eigenvalue weighted by molar-refractivity contribution is 7.89. The Morgan fingerprint density at radius 2 is 1.37 bits per heavy atom. The Hall–Kier alpha value is -4.92. The van der Waals surface area contributed by atoms with Crippen LogP contribution >= 0.6 is 11.6 Å². The second-order valence-corrected chi connectivity index (χ2v) is 17.7. The molecule has 1 saturated heterocycles. The maximum Gasteiger partial charge on any atom is 0.259 e. The van der Waals surface area contributed by atoms with E-state index >= 15 is 0 Å². The van der Waals surface area contributed by atoms with Crippen molar-refractivity contribution in [2.75, 3.05) is 29.9 Å². The zero-order valence-corrected chi connectivity index (χ0v) is 31.6. The van der Waals surface area contributed by atoms with Crippen molar-refractivity contribution in [1.82, 2.24) is 8.61 Å². The van der Waals surface area contributed by atoms with Crippen LogP contribution in [-0.2, 0) is 39.6 Å². The van der Waals surface area contributed by atoms with Gasteiger partial charge in [0, 0.05) is 61.2 Å². The zero-order chi connectivity index (χ0) is 38.0. The molecule has 0 atom stereocenters. The third-order valence-electron chi connectivity index (χ3n) is 10.0. The van der Waals surface area contributed by atoms with Gasteiger partial charge in [-0.2, -0.15) is 8.61 Å². The number of fused-ring (bicyclic) bond motifs is 1. The second kappa shape index (κ2) is 15.4. The van der Waals surface area contributed by atoms with Crippen LogP contribution in [0.2, 0.25) is 5.02 Å². The van der Waals surface area contributed by atoms with Crippen molar-refractivity contribution >= 4 is 48.9 Å². The minimum absolute atomic E-state index is 0.0504. The average molecular weight is 787 g/mol. The number of nitrogens with one attached hydrogen (secondary N) is 1. The molecule has 3 N–H and O–H groups in total. The van der Waals surface area contributed by atoms with Crippen LogP contribution in [0.4, 0.5) is 11.4 Å². The number of phenolic OH excluding ortho intramolecular Hbond substituents is 2. The number of phenols is 2. The number of piperidine rings is 1. The molecule has 2 heterocycles. The number of halogens is 1. The number of nitrogens with zero attached hydrogens (tertiary/aromatic N) is 3. The first-order valence-electron chi connectivity index (χ1n) is 17.5. The first kappa shape index (κ1) is 37.4. The average Bonchev–Trinajstić information content (AvgIpc) is 3.18. The lowest BCUT2D eigenvalue weighted by Crippen LogP contribution is -2.46. The highest BCUT2D eigenvalue weighted by Gasteiger charge is 2.33. The Morgan fingerprint density at radius 3 is 2.06 bits per heavy atom. The van der Waals surface area contributed by atoms with Crippen LogP contribution in [0.1, 0.15) is 39.9 Å². The van der Waals surface area contributed by atoms with E-state index in [1.54, 1.807) is 0 Å². The second-order valence-electron chi connectivity index (χ2n) is 13.4. The molecule has 0 saturated carbocycles. The fraction of sp³-hybridized carbons (Fsp3) is 0.225. The third kappa shape index (κ3) is 7.82. The van der Waals surface area contributed by atoms with Gasteiger partial charge in [-0.15, -0.1) is 0 Å². The van der Waals surface area contributed by atoms with Crippen LogP contribution in [0.25, 0.3) is 0 Å². The molecule has 280 valence electrons. The standard InChI is InChI=1S/C40H39ClN4O7S2/c41-31-10-14-33(15-11-31)45(26-28-6-2-1-3-7-28)34-19-22-43(23-20-34)53(49,50)35-16-12-32(13-17-35)42-40(48)37-24-36(25-38(46)39(37)47)54(51,52)44-21-18-29-8-4-5-9-30(29)27-44/h1-17,24-25,34,46-47H,18-23,26-27H2,(H,42,48). The summed E-state index contributed by atoms with van der Waals surface area (Å²) in [5.41, 5.74) is 3.82. The Morgan fingerprint density at radius 1 is 0.741 bits per heavy atom. The molecular formula is C40H39ClN4O7S2. The Kier molecular flexibility index (Phi) is 10.7. The molecule has 0 aliphatic carbocycles. The highest BCUT2D eigenvalue weighted by Crippen LogP contribution is 2.35. The van der Waals surface area contributed by atoms with Crippen LogP contribution in [0.3, 0.4) is 0 Å². The summed E-state index contributed by atoms with van der Waals surface area (Å²) in [6, 6.07) is 32.9. The maximum absolute atomic E-state index is 13.7. The van der Waals surface area contributed by atoms with E-state index in [4.69, 9.17) is 11.6 Å². The topological polar surface area (TPSA) is 148 Å². The molecule has 0 aromatic heterocycles. The van der Waals surface area contributed by atoms with Crippen LogP contribution in [0, 0.1) is 0 Å². The summed E-state index contributed by atoms with van der Waals surface area (Å²) in [4.78, 5) is 15.3. The quantitative estimate of drug-likeness (QED) is 0.134. The number of carbonyl (C=O) groups excluding carboxylic acids is 1. The number of anilines is 2. The number of aromatic hydroxyl groups is 2. The van der Waals surface area contributed by atoms with Gasteiger partial charge in [-0.25, -0.2) is 16.8 Å². The van der Waals surface area contributed by atoms with Crippen LogP contribution < -0.4 is 10.2 Å². The minimum Gasteiger partial charge on any atom is -0.504 e. The number of sulfonamides is 2. The smallest absolute Gasteiger partial charge is 0.259 e. The Bertz CT molecular complexity index is 2370. The van der Waals surface area contributed by atoms with E-state index in [2.05, 4.69) is 22.3 Å². The Labute approximate surface area is 320 Å². The van der Waals surface area contributed by atoms with Crippen LogP contribution in [0.5, 0.6) is 11.5 Å². The van der Waals surface area contributed by atoms with E-state index in [-0.39, 0.29) is 34.6 Å². The van der Waals surface area contributed by atoms with Crippen LogP contribution in [0.15, 0.2) is 125 Å². The van der Waals surface area contributed by atoms with Crippen LogP contribution in [-0.4, -0.2) is 67.2 Å². The highest BCUT2D eigenvalue weighted by atomic mass is 35.5. The molecule has 5 aromatic rings. The summed E-state index contributed by atoms with van der Waals surface area (Å²) < 4.78 is 57.4. The lowest BCUT2D eigenvalue weighted by atomic mass is 10.0. The largest absolute Gasteiger partial charge is 0.504 e. The predicted octanol–water partition coefficient (Wildman–Crippen LogP) is 6.61. The van der Waals surface area contributed by atoms with E-state index in [1.165, 1.54) is 32.9 Å². The van der Waals surface area contributed by atoms with Gasteiger partial charge < -0.3 is 20.4 Å². The van der Waals surface area contributed by atoms with E-state index in [0.29, 0.717) is 43.9 Å². The molecular weight excluding hydrogens is 748 g/mol. The van der Waals surface area contributed by atoms with E-state index in [1.807, 2.05) is 66.7 Å². The van der Waals surface area contributed by atoms with Crippen molar-refractivity contribution in [3.05, 3.63) is 143 Å². The van der Waals surface area contributed by atoms with Crippen molar-refractivity contribution in [2.45, 2.75) is 48.2 Å². The number of carbonyl (C=O) groups is 1. The SMILES string of the molecule is O=C(Nc1ccc(S(=O)(=O)N2CCC(N(Cc3ccccc3)c3ccc(Cl)cc3)CC2)cc1)c1cc(S(=O)(=O)N2CCc3ccccc3C2)cc(O)c1O. The fourth-order valence-electron chi connectivity index (χ4n) is 7.04. The number of benzene rings is 5. The van der Waals surface area contributed by atoms with Gasteiger partial charge in [-0.1, -0.05) is 66.2 Å². The number of hydrogen-bond donors (Lipinski definition) is 3. The monoisotopic (exact) mass is 786 g/mol. The molecule has 2 aliphatic heterocycles. The number of rotatable bonds is 10. The van der Waals surface area contributed by atoms with Gasteiger partial charge in [0.1, 0.15) is 0 Å². The molecule has 54 heavy (non-hydrogen) atoms. The molecule has 0 radical (unpaired) electrons. The molecule has 11 nitrogen and oxygen atoms in total. The van der Waals surface area contributed by atoms with Gasteiger partial charge in [0.25, 0.3) is 5.91 Å². The van der Waals surface area contributed by atoms with Gasteiger partial charge in [0.15, 0.2) is 11.5 Å². The van der Waals surface area contributed by atoms with E-state index < -0.39 is 43.0 Å². The first-order chi connectivity index (χ1) is 25.9. The van der Waals surface area contributed by atoms with Gasteiger partial charge in [-0.05, 0) is 90.6 Å². The maximum atomic E-state index is 13.7. The molecule has 5 aromatic carbocycles. The molecule has 14 heteroatoms. The van der Waals surface area contributed by atoms with Crippen molar-refractivity contribution < 1.29 is 31.8 Å². The van der Waals surface area contributed by atoms with Crippen molar-refractivity contribution in [2.24, 2.45) is 0 Å². The number of amides is 1. The molecule has 2 aliphatic rings. The molecule has 1 amide bonds. The lowest BCUT2D eigenvalue weighted by Gasteiger charge is -2.39. The molecule has 0 unspecified atom stereocenters. The van der Waals surface area contributed by atoms with E-state index in [9.17, 15) is 31.8 Å². The fourth-order valence-corrected chi connectivity index (χ4v) is 10.1. The summed E-state index contributed by atoms with van der Waals surface area (Å²) in [6.45, 7) is 1.64. The molecule has 0 spiro atoms. The molecule has 7 rings (SSSR count). The summed E-state index contributed by atoms with van der Waals surface area (Å²) >= 11 is 6.17. The van der Waals surface area contributed by atoms with Crippen molar-refractivity contribution in [3.63, 3.8) is 0 Å². The Balaban J connectivity index is 1.02. The van der Waals surface area contributed by atoms with Crippen molar-refractivity contribution in [1.29, 1.82) is 0 Å².